The second-order valence-corrected chi connectivity index (χ2v) is 7.59. The van der Waals surface area contributed by atoms with E-state index >= 15 is 0 Å². The Hall–Kier alpha value is -3.11. The molecule has 5 heteroatoms. The molecular weight excluding hydrogens is 384 g/mol. The van der Waals surface area contributed by atoms with Gasteiger partial charge in [0.1, 0.15) is 6.54 Å². The number of likely N-dealkylation sites (N-methyl/N-ethyl adjacent to an activating group) is 1. The van der Waals surface area contributed by atoms with Crippen molar-refractivity contribution < 1.29 is 9.59 Å². The minimum atomic E-state index is -0.394. The largest absolute Gasteiger partial charge is 0.322 e. The lowest BCUT2D eigenvalue weighted by Crippen LogP contribution is -2.41. The lowest BCUT2D eigenvalue weighted by molar-refractivity contribution is -0.136. The van der Waals surface area contributed by atoms with Crippen molar-refractivity contribution >= 4 is 29.1 Å². The molecule has 0 N–H and O–H groups in total. The number of hydrogen-bond donors (Lipinski definition) is 0. The maximum absolute atomic E-state index is 13.4. The summed E-state index contributed by atoms with van der Waals surface area (Å²) in [5.74, 6) is -0.229. The van der Waals surface area contributed by atoms with Crippen LogP contribution in [0.4, 0.5) is 5.69 Å². The van der Waals surface area contributed by atoms with E-state index in [1.807, 2.05) is 72.8 Å². The molecule has 0 aliphatic carbocycles. The van der Waals surface area contributed by atoms with Crippen molar-refractivity contribution in [2.75, 3.05) is 18.5 Å². The topological polar surface area (TPSA) is 40.6 Å². The summed E-state index contributed by atoms with van der Waals surface area (Å²) < 4.78 is 0. The van der Waals surface area contributed by atoms with Gasteiger partial charge in [0.15, 0.2) is 0 Å². The molecule has 0 bridgehead atoms. The quantitative estimate of drug-likeness (QED) is 0.645. The number of carbonyl (C=O) groups is 2. The van der Waals surface area contributed by atoms with Gasteiger partial charge in [-0.3, -0.25) is 9.59 Å². The summed E-state index contributed by atoms with van der Waals surface area (Å²) in [6, 6.07) is 24.4. The van der Waals surface area contributed by atoms with Crippen molar-refractivity contribution in [3.8, 4) is 0 Å². The molecule has 1 heterocycles. The van der Waals surface area contributed by atoms with Crippen molar-refractivity contribution in [3.63, 3.8) is 0 Å². The average Bonchev–Trinajstić information content (AvgIpc) is 2.84. The fourth-order valence-electron chi connectivity index (χ4n) is 3.79. The van der Waals surface area contributed by atoms with Gasteiger partial charge in [-0.15, -0.1) is 0 Å². The number of carbonyl (C=O) groups excluding carboxylic acids is 2. The molecule has 0 fully saturated rings. The van der Waals surface area contributed by atoms with Gasteiger partial charge in [0.25, 0.3) is 0 Å². The summed E-state index contributed by atoms with van der Waals surface area (Å²) in [6.45, 7) is 0.00796. The standard InChI is InChI=1S/C24H21ClN2O2/c1-26-21-13-12-19(25)15-20(21)24(18-10-6-3-7-11-18)27(16-23(26)29)22(28)14-17-8-4-2-5-9-17/h2-13,15,24H,14,16H2,1H3. The summed E-state index contributed by atoms with van der Waals surface area (Å²) in [5, 5.41) is 0.572. The lowest BCUT2D eigenvalue weighted by atomic mass is 9.95. The van der Waals surface area contributed by atoms with E-state index in [1.54, 1.807) is 22.9 Å². The molecule has 4 rings (SSSR count). The molecule has 1 atom stereocenters. The van der Waals surface area contributed by atoms with Gasteiger partial charge in [0.05, 0.1) is 12.5 Å². The first-order valence-electron chi connectivity index (χ1n) is 9.49. The molecule has 2 amide bonds. The Kier molecular flexibility index (Phi) is 5.36. The van der Waals surface area contributed by atoms with Crippen molar-refractivity contribution in [1.82, 2.24) is 4.90 Å². The molecule has 0 saturated heterocycles. The molecule has 1 aliphatic heterocycles. The van der Waals surface area contributed by atoms with Crippen LogP contribution in [0.15, 0.2) is 78.9 Å². The Morgan fingerprint density at radius 2 is 1.66 bits per heavy atom. The van der Waals surface area contributed by atoms with Crippen LogP contribution < -0.4 is 4.90 Å². The van der Waals surface area contributed by atoms with E-state index in [0.29, 0.717) is 5.02 Å². The number of rotatable bonds is 3. The van der Waals surface area contributed by atoms with Crippen LogP contribution in [0.25, 0.3) is 0 Å². The number of fused-ring (bicyclic) bond motifs is 1. The van der Waals surface area contributed by atoms with Gasteiger partial charge in [-0.25, -0.2) is 0 Å². The molecule has 0 spiro atoms. The second-order valence-electron chi connectivity index (χ2n) is 7.15. The van der Waals surface area contributed by atoms with Crippen molar-refractivity contribution in [2.24, 2.45) is 0 Å². The van der Waals surface area contributed by atoms with E-state index in [0.717, 1.165) is 22.4 Å². The smallest absolute Gasteiger partial charge is 0.246 e. The molecule has 146 valence electrons. The second kappa shape index (κ2) is 8.10. The summed E-state index contributed by atoms with van der Waals surface area (Å²) in [5.41, 5.74) is 3.47. The van der Waals surface area contributed by atoms with E-state index in [9.17, 15) is 9.59 Å². The molecular formula is C24H21ClN2O2. The predicted molar refractivity (Wildman–Crippen MR) is 115 cm³/mol. The highest BCUT2D eigenvalue weighted by molar-refractivity contribution is 6.30. The minimum absolute atomic E-state index is 0.00796. The summed E-state index contributed by atoms with van der Waals surface area (Å²) in [7, 11) is 1.74. The SMILES string of the molecule is CN1C(=O)CN(C(=O)Cc2ccccc2)C(c2ccccc2)c2cc(Cl)ccc21. The van der Waals surface area contributed by atoms with Crippen LogP contribution >= 0.6 is 11.6 Å². The Balaban J connectivity index is 1.83. The molecule has 3 aromatic carbocycles. The van der Waals surface area contributed by atoms with Crippen molar-refractivity contribution in [1.29, 1.82) is 0 Å². The van der Waals surface area contributed by atoms with Crippen LogP contribution in [-0.4, -0.2) is 30.3 Å². The van der Waals surface area contributed by atoms with E-state index in [2.05, 4.69) is 0 Å². The fourth-order valence-corrected chi connectivity index (χ4v) is 3.97. The monoisotopic (exact) mass is 404 g/mol. The molecule has 1 unspecified atom stereocenters. The number of nitrogens with zero attached hydrogens (tertiary/aromatic N) is 2. The van der Waals surface area contributed by atoms with Gasteiger partial charge in [-0.05, 0) is 29.3 Å². The Labute approximate surface area is 175 Å². The highest BCUT2D eigenvalue weighted by Gasteiger charge is 2.35. The summed E-state index contributed by atoms with van der Waals surface area (Å²) >= 11 is 6.32. The molecule has 0 saturated carbocycles. The average molecular weight is 405 g/mol. The summed E-state index contributed by atoms with van der Waals surface area (Å²) in [4.78, 5) is 29.6. The van der Waals surface area contributed by atoms with Crippen LogP contribution in [0.3, 0.4) is 0 Å². The zero-order valence-corrected chi connectivity index (χ0v) is 16.8. The normalized spacial score (nSPS) is 16.3. The van der Waals surface area contributed by atoms with Crippen LogP contribution in [0, 0.1) is 0 Å². The highest BCUT2D eigenvalue weighted by atomic mass is 35.5. The molecule has 0 radical (unpaired) electrons. The molecule has 3 aromatic rings. The third-order valence-electron chi connectivity index (χ3n) is 5.27. The zero-order valence-electron chi connectivity index (χ0n) is 16.1. The highest BCUT2D eigenvalue weighted by Crippen LogP contribution is 2.39. The number of amides is 2. The Morgan fingerprint density at radius 1 is 1.00 bits per heavy atom. The number of benzene rings is 3. The van der Waals surface area contributed by atoms with Gasteiger partial charge >= 0.3 is 0 Å². The molecule has 4 nitrogen and oxygen atoms in total. The van der Waals surface area contributed by atoms with Crippen LogP contribution in [-0.2, 0) is 16.0 Å². The summed E-state index contributed by atoms with van der Waals surface area (Å²) in [6.07, 6.45) is 0.233. The maximum Gasteiger partial charge on any atom is 0.246 e. The van der Waals surface area contributed by atoms with Gasteiger partial charge in [0.2, 0.25) is 11.8 Å². The maximum atomic E-state index is 13.4. The molecule has 0 aromatic heterocycles. The number of hydrogen-bond acceptors (Lipinski definition) is 2. The van der Waals surface area contributed by atoms with Gasteiger partial charge < -0.3 is 9.80 Å². The first-order valence-corrected chi connectivity index (χ1v) is 9.87. The third kappa shape index (κ3) is 3.89. The van der Waals surface area contributed by atoms with E-state index in [1.165, 1.54) is 0 Å². The van der Waals surface area contributed by atoms with Crippen molar-refractivity contribution in [2.45, 2.75) is 12.5 Å². The number of anilines is 1. The predicted octanol–water partition coefficient (Wildman–Crippen LogP) is 4.48. The first-order chi connectivity index (χ1) is 14.0. The van der Waals surface area contributed by atoms with Crippen LogP contribution in [0.5, 0.6) is 0 Å². The van der Waals surface area contributed by atoms with Gasteiger partial charge in [-0.2, -0.15) is 0 Å². The van der Waals surface area contributed by atoms with E-state index in [4.69, 9.17) is 11.6 Å². The van der Waals surface area contributed by atoms with Crippen LogP contribution in [0.1, 0.15) is 22.7 Å². The Bertz CT molecular complexity index is 1040. The van der Waals surface area contributed by atoms with Crippen molar-refractivity contribution in [3.05, 3.63) is 101 Å². The fraction of sp³-hybridized carbons (Fsp3) is 0.167. The number of halogens is 1. The zero-order chi connectivity index (χ0) is 20.4. The lowest BCUT2D eigenvalue weighted by Gasteiger charge is -2.30. The third-order valence-corrected chi connectivity index (χ3v) is 5.51. The molecule has 29 heavy (non-hydrogen) atoms. The van der Waals surface area contributed by atoms with Gasteiger partial charge in [0, 0.05) is 23.3 Å². The Morgan fingerprint density at radius 3 is 2.34 bits per heavy atom. The first kappa shape index (κ1) is 19.2. The minimum Gasteiger partial charge on any atom is -0.322 e. The molecule has 1 aliphatic rings. The van der Waals surface area contributed by atoms with E-state index in [-0.39, 0.29) is 24.8 Å². The van der Waals surface area contributed by atoms with Gasteiger partial charge in [-0.1, -0.05) is 72.3 Å². The van der Waals surface area contributed by atoms with Crippen LogP contribution in [0.2, 0.25) is 5.02 Å². The van der Waals surface area contributed by atoms with E-state index < -0.39 is 6.04 Å².